The summed E-state index contributed by atoms with van der Waals surface area (Å²) in [5.74, 6) is 1.06. The van der Waals surface area contributed by atoms with Crippen LogP contribution in [0.4, 0.5) is 0 Å². The Morgan fingerprint density at radius 1 is 0.944 bits per heavy atom. The zero-order valence-corrected chi connectivity index (χ0v) is 20.7. The Morgan fingerprint density at radius 3 is 2.36 bits per heavy atom. The van der Waals surface area contributed by atoms with Crippen molar-refractivity contribution in [3.05, 3.63) is 88.4 Å². The molecular formula is C30H29ClO5. The maximum Gasteiger partial charge on any atom is 0.311 e. The largest absolute Gasteiger partial charge is 0.493 e. The van der Waals surface area contributed by atoms with Crippen molar-refractivity contribution in [2.24, 2.45) is 5.92 Å². The van der Waals surface area contributed by atoms with E-state index >= 15 is 0 Å². The number of halogens is 1. The second-order valence-electron chi connectivity index (χ2n) is 9.73. The van der Waals surface area contributed by atoms with Crippen LogP contribution in [0.3, 0.4) is 0 Å². The molecule has 1 saturated carbocycles. The summed E-state index contributed by atoms with van der Waals surface area (Å²) >= 11 is 6.39. The van der Waals surface area contributed by atoms with Gasteiger partial charge in [-0.3, -0.25) is 9.59 Å². The summed E-state index contributed by atoms with van der Waals surface area (Å²) in [4.78, 5) is 24.4. The van der Waals surface area contributed by atoms with E-state index in [1.807, 2.05) is 0 Å². The molecule has 0 saturated heterocycles. The summed E-state index contributed by atoms with van der Waals surface area (Å²) < 4.78 is 11.6. The molecule has 1 unspecified atom stereocenters. The van der Waals surface area contributed by atoms with E-state index in [0.29, 0.717) is 64.7 Å². The van der Waals surface area contributed by atoms with Gasteiger partial charge in [-0.05, 0) is 79.8 Å². The van der Waals surface area contributed by atoms with Crippen LogP contribution in [0.5, 0.6) is 17.2 Å². The third-order valence-corrected chi connectivity index (χ3v) is 7.69. The number of hydrogen-bond donors (Lipinski definition) is 1. The van der Waals surface area contributed by atoms with Gasteiger partial charge in [0.05, 0.1) is 17.5 Å². The zero-order chi connectivity index (χ0) is 25.1. The van der Waals surface area contributed by atoms with Gasteiger partial charge in [-0.2, -0.15) is 0 Å². The Balaban J connectivity index is 1.19. The Morgan fingerprint density at radius 2 is 1.67 bits per heavy atom. The van der Waals surface area contributed by atoms with Crippen molar-refractivity contribution in [2.45, 2.75) is 50.4 Å². The average Bonchev–Trinajstić information content (AvgIpc) is 2.90. The maximum atomic E-state index is 12.9. The highest BCUT2D eigenvalue weighted by molar-refractivity contribution is 6.32. The lowest BCUT2D eigenvalue weighted by Gasteiger charge is -2.28. The molecule has 0 bridgehead atoms. The number of carbonyl (C=O) groups is 2. The molecule has 1 atom stereocenters. The monoisotopic (exact) mass is 504 g/mol. The number of benzene rings is 3. The van der Waals surface area contributed by atoms with Crippen LogP contribution < -0.4 is 9.47 Å². The van der Waals surface area contributed by atoms with E-state index < -0.39 is 11.9 Å². The summed E-state index contributed by atoms with van der Waals surface area (Å²) in [6, 6.07) is 21.0. The molecule has 1 N–H and O–H groups in total. The van der Waals surface area contributed by atoms with E-state index in [0.717, 1.165) is 25.7 Å². The molecule has 1 fully saturated rings. The molecule has 5 nitrogen and oxygen atoms in total. The number of carbonyl (C=O) groups excluding carboxylic acids is 1. The third-order valence-electron chi connectivity index (χ3n) is 7.40. The number of fused-ring (bicyclic) bond motifs is 1. The molecule has 0 aromatic heterocycles. The van der Waals surface area contributed by atoms with Gasteiger partial charge in [-0.15, -0.1) is 0 Å². The van der Waals surface area contributed by atoms with Crippen molar-refractivity contribution in [3.63, 3.8) is 0 Å². The van der Waals surface area contributed by atoms with E-state index in [9.17, 15) is 14.7 Å². The standard InChI is InChI=1S/C30H29ClO5/c31-26-17-25-24(30(33)34)14-15-35-28(25)18-29(26)36-23-12-10-22(11-13-23)27(32)16-19-6-8-21(9-7-19)20-4-2-1-3-5-20/h1-5,10-13,17-19,21,24H,6-9,14-16H2,(H,33,34). The van der Waals surface area contributed by atoms with Gasteiger partial charge >= 0.3 is 5.97 Å². The van der Waals surface area contributed by atoms with E-state index in [-0.39, 0.29) is 5.78 Å². The van der Waals surface area contributed by atoms with Crippen LogP contribution in [-0.4, -0.2) is 23.5 Å². The topological polar surface area (TPSA) is 72.8 Å². The van der Waals surface area contributed by atoms with Crippen LogP contribution in [-0.2, 0) is 4.79 Å². The molecule has 2 aliphatic rings. The lowest BCUT2D eigenvalue weighted by atomic mass is 9.77. The zero-order valence-electron chi connectivity index (χ0n) is 20.0. The quantitative estimate of drug-likeness (QED) is 0.335. The number of carboxylic acids is 1. The summed E-state index contributed by atoms with van der Waals surface area (Å²) in [6.07, 6.45) is 5.39. The molecule has 1 heterocycles. The SMILES string of the molecule is O=C(CC1CCC(c2ccccc2)CC1)c1ccc(Oc2cc3c(cc2Cl)C(C(=O)O)CCO3)cc1. The maximum absolute atomic E-state index is 12.9. The van der Waals surface area contributed by atoms with Gasteiger partial charge < -0.3 is 14.6 Å². The highest BCUT2D eigenvalue weighted by atomic mass is 35.5. The molecule has 0 spiro atoms. The van der Waals surface area contributed by atoms with E-state index in [1.54, 1.807) is 36.4 Å². The second-order valence-corrected chi connectivity index (χ2v) is 10.1. The van der Waals surface area contributed by atoms with E-state index in [1.165, 1.54) is 5.56 Å². The first-order valence-electron chi connectivity index (χ1n) is 12.5. The predicted molar refractivity (Wildman–Crippen MR) is 139 cm³/mol. The van der Waals surface area contributed by atoms with Crippen molar-refractivity contribution in [2.75, 3.05) is 6.61 Å². The van der Waals surface area contributed by atoms with E-state index in [2.05, 4.69) is 30.3 Å². The molecule has 36 heavy (non-hydrogen) atoms. The molecule has 1 aliphatic carbocycles. The summed E-state index contributed by atoms with van der Waals surface area (Å²) in [6.45, 7) is 0.329. The van der Waals surface area contributed by atoms with Gasteiger partial charge in [0.1, 0.15) is 17.2 Å². The van der Waals surface area contributed by atoms with Gasteiger partial charge in [0.2, 0.25) is 0 Å². The van der Waals surface area contributed by atoms with Crippen molar-refractivity contribution in [3.8, 4) is 17.2 Å². The minimum absolute atomic E-state index is 0.157. The Hall–Kier alpha value is -3.31. The first-order chi connectivity index (χ1) is 17.5. The number of rotatable bonds is 7. The van der Waals surface area contributed by atoms with Gasteiger partial charge in [0.25, 0.3) is 0 Å². The minimum Gasteiger partial charge on any atom is -0.493 e. The number of carboxylic acid groups (broad SMARTS) is 1. The van der Waals surface area contributed by atoms with Crippen molar-refractivity contribution in [1.29, 1.82) is 0 Å². The fourth-order valence-electron chi connectivity index (χ4n) is 5.37. The fraction of sp³-hybridized carbons (Fsp3) is 0.333. The van der Waals surface area contributed by atoms with Crippen LogP contribution in [0.2, 0.25) is 5.02 Å². The number of hydrogen-bond acceptors (Lipinski definition) is 4. The summed E-state index contributed by atoms with van der Waals surface area (Å²) in [7, 11) is 0. The van der Waals surface area contributed by atoms with Crippen molar-refractivity contribution in [1.82, 2.24) is 0 Å². The van der Waals surface area contributed by atoms with Crippen molar-refractivity contribution < 1.29 is 24.2 Å². The first-order valence-corrected chi connectivity index (χ1v) is 12.9. The number of ether oxygens (including phenoxy) is 2. The average molecular weight is 505 g/mol. The van der Waals surface area contributed by atoms with Crippen LogP contribution in [0, 0.1) is 5.92 Å². The molecular weight excluding hydrogens is 476 g/mol. The molecule has 0 amide bonds. The normalized spacial score (nSPS) is 21.2. The Kier molecular flexibility index (Phi) is 7.28. The molecule has 6 heteroatoms. The first kappa shape index (κ1) is 24.4. The molecule has 0 radical (unpaired) electrons. The molecule has 1 aliphatic heterocycles. The van der Waals surface area contributed by atoms with Gasteiger partial charge in [0.15, 0.2) is 5.78 Å². The molecule has 3 aromatic rings. The van der Waals surface area contributed by atoms with Gasteiger partial charge in [0, 0.05) is 23.6 Å². The van der Waals surface area contributed by atoms with Crippen molar-refractivity contribution >= 4 is 23.4 Å². The summed E-state index contributed by atoms with van der Waals surface area (Å²) in [5, 5.41) is 9.77. The Labute approximate surface area is 216 Å². The lowest BCUT2D eigenvalue weighted by molar-refractivity contribution is -0.139. The fourth-order valence-corrected chi connectivity index (χ4v) is 5.58. The smallest absolute Gasteiger partial charge is 0.311 e. The lowest BCUT2D eigenvalue weighted by Crippen LogP contribution is -2.20. The predicted octanol–water partition coefficient (Wildman–Crippen LogP) is 7.63. The van der Waals surface area contributed by atoms with E-state index in [4.69, 9.17) is 21.1 Å². The molecule has 186 valence electrons. The van der Waals surface area contributed by atoms with Crippen LogP contribution in [0.15, 0.2) is 66.7 Å². The van der Waals surface area contributed by atoms with Crippen LogP contribution >= 0.6 is 11.6 Å². The minimum atomic E-state index is -0.895. The van der Waals surface area contributed by atoms with Crippen LogP contribution in [0.1, 0.15) is 71.8 Å². The highest BCUT2D eigenvalue weighted by Gasteiger charge is 2.29. The summed E-state index contributed by atoms with van der Waals surface area (Å²) in [5.41, 5.74) is 2.65. The number of ketones is 1. The second kappa shape index (κ2) is 10.8. The third kappa shape index (κ3) is 5.41. The molecule has 5 rings (SSSR count). The number of Topliss-reactive ketones (excluding diaryl/α,β-unsaturated/α-hetero) is 1. The van der Waals surface area contributed by atoms with Gasteiger partial charge in [-0.1, -0.05) is 41.9 Å². The highest BCUT2D eigenvalue weighted by Crippen LogP contribution is 2.42. The number of aliphatic carboxylic acids is 1. The van der Waals surface area contributed by atoms with Crippen LogP contribution in [0.25, 0.3) is 0 Å². The van der Waals surface area contributed by atoms with Gasteiger partial charge in [-0.25, -0.2) is 0 Å². The Bertz CT molecular complexity index is 1230. The molecule has 3 aromatic carbocycles.